The monoisotopic (exact) mass is 140 g/mol. The Morgan fingerprint density at radius 3 is 2.20 bits per heavy atom. The quantitative estimate of drug-likeness (QED) is 0.426. The van der Waals surface area contributed by atoms with Gasteiger partial charge in [0.1, 0.15) is 12.6 Å². The number of carbonyl (C=O) groups is 2. The Kier molecular flexibility index (Phi) is 1.88. The van der Waals surface area contributed by atoms with E-state index < -0.39 is 5.41 Å². The summed E-state index contributed by atoms with van der Waals surface area (Å²) in [4.78, 5) is 20.9. The van der Waals surface area contributed by atoms with Crippen LogP contribution in [0.1, 0.15) is 26.2 Å². The highest BCUT2D eigenvalue weighted by atomic mass is 16.1. The average molecular weight is 140 g/mol. The molecule has 0 aromatic rings. The van der Waals surface area contributed by atoms with Crippen molar-refractivity contribution in [1.82, 2.24) is 0 Å². The summed E-state index contributed by atoms with van der Waals surface area (Å²) in [6, 6.07) is 0. The molecule has 1 fully saturated rings. The lowest BCUT2D eigenvalue weighted by atomic mass is 9.89. The van der Waals surface area contributed by atoms with Gasteiger partial charge in [-0.25, -0.2) is 0 Å². The first-order valence-electron chi connectivity index (χ1n) is 3.65. The zero-order valence-corrected chi connectivity index (χ0v) is 6.17. The first kappa shape index (κ1) is 7.45. The van der Waals surface area contributed by atoms with Gasteiger partial charge < -0.3 is 9.59 Å². The molecule has 0 aromatic carbocycles. The minimum Gasteiger partial charge on any atom is -0.302 e. The van der Waals surface area contributed by atoms with Crippen molar-refractivity contribution < 1.29 is 9.59 Å². The van der Waals surface area contributed by atoms with Gasteiger partial charge in [0.2, 0.25) is 0 Å². The van der Waals surface area contributed by atoms with E-state index >= 15 is 0 Å². The van der Waals surface area contributed by atoms with E-state index in [4.69, 9.17) is 0 Å². The fraction of sp³-hybridized carbons (Fsp3) is 0.750. The van der Waals surface area contributed by atoms with Crippen LogP contribution < -0.4 is 0 Å². The van der Waals surface area contributed by atoms with Crippen molar-refractivity contribution in [2.75, 3.05) is 0 Å². The van der Waals surface area contributed by atoms with Crippen molar-refractivity contribution in [1.29, 1.82) is 0 Å². The molecule has 0 bridgehead atoms. The molecule has 1 atom stereocenters. The predicted octanol–water partition coefficient (Wildman–Crippen LogP) is 1.19. The summed E-state index contributed by atoms with van der Waals surface area (Å²) in [5.74, 6) is 0.537. The summed E-state index contributed by atoms with van der Waals surface area (Å²) in [7, 11) is 0. The van der Waals surface area contributed by atoms with Crippen molar-refractivity contribution in [3.05, 3.63) is 0 Å². The molecule has 1 aliphatic carbocycles. The van der Waals surface area contributed by atoms with Crippen LogP contribution in [-0.2, 0) is 9.59 Å². The van der Waals surface area contributed by atoms with Gasteiger partial charge in [-0.05, 0) is 25.2 Å². The first-order chi connectivity index (χ1) is 4.72. The summed E-state index contributed by atoms with van der Waals surface area (Å²) in [6.07, 6.45) is 4.13. The number of aldehydes is 2. The van der Waals surface area contributed by atoms with Crippen LogP contribution in [0.15, 0.2) is 0 Å². The van der Waals surface area contributed by atoms with Crippen LogP contribution in [-0.4, -0.2) is 12.6 Å². The van der Waals surface area contributed by atoms with Gasteiger partial charge in [0.15, 0.2) is 0 Å². The lowest BCUT2D eigenvalue weighted by Crippen LogP contribution is -2.19. The Morgan fingerprint density at radius 1 is 1.40 bits per heavy atom. The molecule has 56 valence electrons. The van der Waals surface area contributed by atoms with E-state index in [1.54, 1.807) is 0 Å². The standard InChI is InChI=1S/C8H12O2/c1-7-2-3-8(4-7,5-9)6-10/h5-7H,2-4H2,1H3. The van der Waals surface area contributed by atoms with Gasteiger partial charge in [0, 0.05) is 0 Å². The third-order valence-electron chi connectivity index (χ3n) is 2.30. The summed E-state index contributed by atoms with van der Waals surface area (Å²) in [5.41, 5.74) is -0.612. The Morgan fingerprint density at radius 2 is 2.00 bits per heavy atom. The molecule has 0 radical (unpaired) electrons. The molecule has 2 heteroatoms. The van der Waals surface area contributed by atoms with Crippen LogP contribution in [0.4, 0.5) is 0 Å². The Bertz CT molecular complexity index is 143. The lowest BCUT2D eigenvalue weighted by Gasteiger charge is -2.11. The highest BCUT2D eigenvalue weighted by Crippen LogP contribution is 2.37. The highest BCUT2D eigenvalue weighted by molar-refractivity contribution is 5.83. The van der Waals surface area contributed by atoms with Crippen LogP contribution in [0.5, 0.6) is 0 Å². The molecule has 1 rings (SSSR count). The molecule has 0 amide bonds. The molecule has 1 aliphatic rings. The fourth-order valence-corrected chi connectivity index (χ4v) is 1.61. The molecule has 0 aliphatic heterocycles. The summed E-state index contributed by atoms with van der Waals surface area (Å²) < 4.78 is 0. The van der Waals surface area contributed by atoms with E-state index in [0.717, 1.165) is 31.8 Å². The molecular weight excluding hydrogens is 128 g/mol. The SMILES string of the molecule is CC1CCC(C=O)(C=O)C1. The van der Waals surface area contributed by atoms with E-state index in [0.29, 0.717) is 5.92 Å². The predicted molar refractivity (Wildman–Crippen MR) is 37.6 cm³/mol. The zero-order valence-electron chi connectivity index (χ0n) is 6.17. The second-order valence-corrected chi connectivity index (χ2v) is 3.32. The minimum atomic E-state index is -0.612. The molecule has 0 aromatic heterocycles. The van der Waals surface area contributed by atoms with Crippen LogP contribution >= 0.6 is 0 Å². The van der Waals surface area contributed by atoms with E-state index in [2.05, 4.69) is 6.92 Å². The van der Waals surface area contributed by atoms with Crippen LogP contribution in [0, 0.1) is 11.3 Å². The summed E-state index contributed by atoms with van der Waals surface area (Å²) in [5, 5.41) is 0. The van der Waals surface area contributed by atoms with E-state index in [1.165, 1.54) is 0 Å². The first-order valence-corrected chi connectivity index (χ1v) is 3.65. The van der Waals surface area contributed by atoms with Gasteiger partial charge in [0.05, 0.1) is 5.41 Å². The van der Waals surface area contributed by atoms with Gasteiger partial charge >= 0.3 is 0 Å². The zero-order chi connectivity index (χ0) is 7.61. The Balaban J connectivity index is 2.68. The van der Waals surface area contributed by atoms with Crippen molar-refractivity contribution in [2.45, 2.75) is 26.2 Å². The number of hydrogen-bond donors (Lipinski definition) is 0. The smallest absolute Gasteiger partial charge is 0.133 e. The summed E-state index contributed by atoms with van der Waals surface area (Å²) in [6.45, 7) is 2.08. The second-order valence-electron chi connectivity index (χ2n) is 3.32. The third kappa shape index (κ3) is 1.11. The number of hydrogen-bond acceptors (Lipinski definition) is 2. The largest absolute Gasteiger partial charge is 0.302 e. The van der Waals surface area contributed by atoms with Gasteiger partial charge in [-0.1, -0.05) is 6.92 Å². The van der Waals surface area contributed by atoms with Crippen molar-refractivity contribution in [3.8, 4) is 0 Å². The molecule has 0 saturated heterocycles. The van der Waals surface area contributed by atoms with Gasteiger partial charge in [0.25, 0.3) is 0 Å². The lowest BCUT2D eigenvalue weighted by molar-refractivity contribution is -0.126. The van der Waals surface area contributed by atoms with Crippen LogP contribution in [0.3, 0.4) is 0 Å². The number of carbonyl (C=O) groups excluding carboxylic acids is 2. The second kappa shape index (κ2) is 2.52. The molecular formula is C8H12O2. The van der Waals surface area contributed by atoms with Crippen molar-refractivity contribution >= 4 is 12.6 Å². The van der Waals surface area contributed by atoms with Crippen molar-refractivity contribution in [2.24, 2.45) is 11.3 Å². The molecule has 0 spiro atoms. The van der Waals surface area contributed by atoms with E-state index in [-0.39, 0.29) is 0 Å². The minimum absolute atomic E-state index is 0.537. The van der Waals surface area contributed by atoms with E-state index in [1.807, 2.05) is 0 Å². The topological polar surface area (TPSA) is 34.1 Å². The Labute approximate surface area is 60.6 Å². The third-order valence-corrected chi connectivity index (χ3v) is 2.30. The maximum Gasteiger partial charge on any atom is 0.133 e. The van der Waals surface area contributed by atoms with Gasteiger partial charge in [-0.3, -0.25) is 0 Å². The molecule has 10 heavy (non-hydrogen) atoms. The van der Waals surface area contributed by atoms with Crippen molar-refractivity contribution in [3.63, 3.8) is 0 Å². The molecule has 2 nitrogen and oxygen atoms in total. The van der Waals surface area contributed by atoms with Gasteiger partial charge in [-0.2, -0.15) is 0 Å². The van der Waals surface area contributed by atoms with E-state index in [9.17, 15) is 9.59 Å². The highest BCUT2D eigenvalue weighted by Gasteiger charge is 2.36. The molecule has 0 heterocycles. The maximum absolute atomic E-state index is 10.5. The van der Waals surface area contributed by atoms with Crippen LogP contribution in [0.2, 0.25) is 0 Å². The van der Waals surface area contributed by atoms with Gasteiger partial charge in [-0.15, -0.1) is 0 Å². The Hall–Kier alpha value is -0.660. The number of rotatable bonds is 2. The normalized spacial score (nSPS) is 29.9. The molecule has 1 unspecified atom stereocenters. The summed E-state index contributed by atoms with van der Waals surface area (Å²) >= 11 is 0. The maximum atomic E-state index is 10.5. The van der Waals surface area contributed by atoms with Crippen LogP contribution in [0.25, 0.3) is 0 Å². The average Bonchev–Trinajstić information content (AvgIpc) is 2.33. The molecule has 1 saturated carbocycles. The fourth-order valence-electron chi connectivity index (χ4n) is 1.61. The molecule has 0 N–H and O–H groups in total.